The first-order chi connectivity index (χ1) is 10.6. The average molecular weight is 343 g/mol. The Kier molecular flexibility index (Phi) is 6.95. The van der Waals surface area contributed by atoms with Crippen molar-refractivity contribution in [3.05, 3.63) is 29.5 Å². The van der Waals surface area contributed by atoms with Gasteiger partial charge < -0.3 is 32.7 Å². The molecule has 1 aromatic heterocycles. The maximum absolute atomic E-state index is 9.12. The minimum atomic E-state index is -0.0587. The van der Waals surface area contributed by atoms with Crippen molar-refractivity contribution in [2.24, 2.45) is 0 Å². The van der Waals surface area contributed by atoms with E-state index in [0.717, 1.165) is 11.3 Å². The molecule has 9 heteroatoms. The van der Waals surface area contributed by atoms with Crippen LogP contribution in [0.1, 0.15) is 11.3 Å². The fourth-order valence-electron chi connectivity index (χ4n) is 2.23. The van der Waals surface area contributed by atoms with Gasteiger partial charge in [0.15, 0.2) is 0 Å². The van der Waals surface area contributed by atoms with E-state index in [0.29, 0.717) is 42.4 Å². The molecule has 0 amide bonds. The normalized spacial score (nSPS) is 10.3. The van der Waals surface area contributed by atoms with Gasteiger partial charge in [0.25, 0.3) is 0 Å². The van der Waals surface area contributed by atoms with E-state index in [2.05, 4.69) is 10.4 Å². The van der Waals surface area contributed by atoms with Crippen molar-refractivity contribution >= 4 is 35.3 Å². The van der Waals surface area contributed by atoms with Crippen molar-refractivity contribution in [1.82, 2.24) is 9.78 Å². The number of hydrogen-bond donors (Lipinski definition) is 6. The van der Waals surface area contributed by atoms with Crippen LogP contribution < -0.4 is 22.5 Å². The molecule has 0 bridgehead atoms. The van der Waals surface area contributed by atoms with Gasteiger partial charge in [-0.05, 0) is 30.2 Å². The summed E-state index contributed by atoms with van der Waals surface area (Å²) < 4.78 is 1.48. The zero-order valence-corrected chi connectivity index (χ0v) is 13.5. The van der Waals surface area contributed by atoms with Crippen LogP contribution in [0.3, 0.4) is 0 Å². The highest BCUT2D eigenvalue weighted by Crippen LogP contribution is 2.23. The van der Waals surface area contributed by atoms with Gasteiger partial charge in [0.05, 0.1) is 25.4 Å². The first-order valence-corrected chi connectivity index (χ1v) is 7.01. The van der Waals surface area contributed by atoms with E-state index in [9.17, 15) is 0 Å². The lowest BCUT2D eigenvalue weighted by molar-refractivity contribution is 0.270. The molecule has 0 aliphatic heterocycles. The molecule has 128 valence electrons. The van der Waals surface area contributed by atoms with Gasteiger partial charge in [-0.15, -0.1) is 12.4 Å². The SMILES string of the molecule is Cl.Nc1ccc(NCc2nn(CCO)c(N)c2N)c(CCO)c1. The second-order valence-corrected chi connectivity index (χ2v) is 4.94. The van der Waals surface area contributed by atoms with Crippen molar-refractivity contribution in [3.8, 4) is 0 Å². The molecule has 2 aromatic rings. The number of rotatable bonds is 7. The molecule has 0 saturated carbocycles. The number of aromatic nitrogens is 2. The average Bonchev–Trinajstić information content (AvgIpc) is 2.75. The molecule has 23 heavy (non-hydrogen) atoms. The van der Waals surface area contributed by atoms with Crippen LogP contribution in [-0.4, -0.2) is 33.2 Å². The topological polar surface area (TPSA) is 148 Å². The van der Waals surface area contributed by atoms with Crippen LogP contribution in [0.5, 0.6) is 0 Å². The van der Waals surface area contributed by atoms with Crippen LogP contribution in [0.2, 0.25) is 0 Å². The molecule has 1 heterocycles. The van der Waals surface area contributed by atoms with E-state index < -0.39 is 0 Å². The second kappa shape index (κ2) is 8.47. The van der Waals surface area contributed by atoms with Crippen molar-refractivity contribution in [2.45, 2.75) is 19.5 Å². The predicted molar refractivity (Wildman–Crippen MR) is 94.4 cm³/mol. The van der Waals surface area contributed by atoms with Gasteiger partial charge in [-0.25, -0.2) is 4.68 Å². The summed E-state index contributed by atoms with van der Waals surface area (Å²) in [5, 5.41) is 25.6. The van der Waals surface area contributed by atoms with Gasteiger partial charge in [0.2, 0.25) is 0 Å². The van der Waals surface area contributed by atoms with Crippen LogP contribution in [0.15, 0.2) is 18.2 Å². The Morgan fingerprint density at radius 1 is 1.13 bits per heavy atom. The van der Waals surface area contributed by atoms with Crippen molar-refractivity contribution in [1.29, 1.82) is 0 Å². The number of halogens is 1. The summed E-state index contributed by atoms with van der Waals surface area (Å²) in [6, 6.07) is 5.45. The Labute approximate surface area is 140 Å². The standard InChI is InChI=1S/C14H22N6O2.ClH/c15-10-1-2-11(9(7-10)3-5-21)18-8-12-13(16)14(17)20(19-12)4-6-22;/h1-2,7,18,21-22H,3-6,8,15-17H2;1H. The zero-order valence-electron chi connectivity index (χ0n) is 12.7. The van der Waals surface area contributed by atoms with E-state index in [-0.39, 0.29) is 25.6 Å². The minimum Gasteiger partial charge on any atom is -0.399 e. The first kappa shape index (κ1) is 18.9. The molecule has 1 aromatic carbocycles. The molecule has 9 N–H and O–H groups in total. The summed E-state index contributed by atoms with van der Waals surface area (Å²) in [4.78, 5) is 0. The van der Waals surface area contributed by atoms with Gasteiger partial charge in [0.1, 0.15) is 11.5 Å². The molecule has 8 nitrogen and oxygen atoms in total. The maximum Gasteiger partial charge on any atom is 0.145 e. The van der Waals surface area contributed by atoms with Crippen LogP contribution in [0, 0.1) is 0 Å². The summed E-state index contributed by atoms with van der Waals surface area (Å²) >= 11 is 0. The number of nitrogens with two attached hydrogens (primary N) is 3. The number of nitrogen functional groups attached to an aromatic ring is 3. The van der Waals surface area contributed by atoms with Gasteiger partial charge in [-0.2, -0.15) is 5.10 Å². The Bertz CT molecular complexity index is 646. The van der Waals surface area contributed by atoms with Crippen LogP contribution >= 0.6 is 12.4 Å². The third-order valence-corrected chi connectivity index (χ3v) is 3.37. The van der Waals surface area contributed by atoms with Crippen molar-refractivity contribution in [3.63, 3.8) is 0 Å². The molecule has 0 unspecified atom stereocenters. The summed E-state index contributed by atoms with van der Waals surface area (Å²) in [5.41, 5.74) is 21.0. The van der Waals surface area contributed by atoms with E-state index in [1.54, 1.807) is 6.07 Å². The Hall–Kier alpha value is -2.16. The molecule has 0 radical (unpaired) electrons. The summed E-state index contributed by atoms with van der Waals surface area (Å²) in [5.74, 6) is 0.346. The molecule has 0 aliphatic rings. The zero-order chi connectivity index (χ0) is 16.1. The number of benzene rings is 1. The molecular weight excluding hydrogens is 320 g/mol. The second-order valence-electron chi connectivity index (χ2n) is 4.94. The minimum absolute atomic E-state index is 0. The van der Waals surface area contributed by atoms with E-state index in [1.165, 1.54) is 4.68 Å². The van der Waals surface area contributed by atoms with Gasteiger partial charge >= 0.3 is 0 Å². The van der Waals surface area contributed by atoms with Crippen LogP contribution in [-0.2, 0) is 19.5 Å². The van der Waals surface area contributed by atoms with Gasteiger partial charge in [-0.1, -0.05) is 0 Å². The summed E-state index contributed by atoms with van der Waals surface area (Å²) in [6.45, 7) is 0.666. The lowest BCUT2D eigenvalue weighted by atomic mass is 10.1. The highest BCUT2D eigenvalue weighted by atomic mass is 35.5. The molecule has 2 rings (SSSR count). The quantitative estimate of drug-likeness (QED) is 0.393. The molecule has 0 aliphatic carbocycles. The van der Waals surface area contributed by atoms with Crippen molar-refractivity contribution < 1.29 is 10.2 Å². The van der Waals surface area contributed by atoms with Crippen LogP contribution in [0.4, 0.5) is 22.9 Å². The van der Waals surface area contributed by atoms with Crippen molar-refractivity contribution in [2.75, 3.05) is 35.7 Å². The number of nitrogens with one attached hydrogen (secondary N) is 1. The van der Waals surface area contributed by atoms with E-state index >= 15 is 0 Å². The number of aliphatic hydroxyl groups is 2. The van der Waals surface area contributed by atoms with Gasteiger partial charge in [0, 0.05) is 18.0 Å². The number of nitrogens with zero attached hydrogens (tertiary/aromatic N) is 2. The highest BCUT2D eigenvalue weighted by Gasteiger charge is 2.12. The van der Waals surface area contributed by atoms with E-state index in [1.807, 2.05) is 12.1 Å². The lowest BCUT2D eigenvalue weighted by Crippen LogP contribution is -2.09. The summed E-state index contributed by atoms with van der Waals surface area (Å²) in [7, 11) is 0. The monoisotopic (exact) mass is 342 g/mol. The smallest absolute Gasteiger partial charge is 0.145 e. The maximum atomic E-state index is 9.12. The fourth-order valence-corrected chi connectivity index (χ4v) is 2.23. The largest absolute Gasteiger partial charge is 0.399 e. The number of anilines is 4. The highest BCUT2D eigenvalue weighted by molar-refractivity contribution is 5.85. The predicted octanol–water partition coefficient (Wildman–Crippen LogP) is 0.191. The molecule has 0 fully saturated rings. The molecule has 0 atom stereocenters. The first-order valence-electron chi connectivity index (χ1n) is 7.01. The molecular formula is C14H23ClN6O2. The molecule has 0 saturated heterocycles. The Morgan fingerprint density at radius 2 is 1.87 bits per heavy atom. The third-order valence-electron chi connectivity index (χ3n) is 3.37. The summed E-state index contributed by atoms with van der Waals surface area (Å²) in [6.07, 6.45) is 0.504. The Morgan fingerprint density at radius 3 is 2.52 bits per heavy atom. The fraction of sp³-hybridized carbons (Fsp3) is 0.357. The number of hydrogen-bond acceptors (Lipinski definition) is 7. The lowest BCUT2D eigenvalue weighted by Gasteiger charge is -2.11. The molecule has 0 spiro atoms. The third kappa shape index (κ3) is 4.41. The number of aliphatic hydroxyl groups excluding tert-OH is 2. The Balaban J connectivity index is 0.00000264. The van der Waals surface area contributed by atoms with Crippen LogP contribution in [0.25, 0.3) is 0 Å². The van der Waals surface area contributed by atoms with Gasteiger partial charge in [-0.3, -0.25) is 0 Å². The van der Waals surface area contributed by atoms with E-state index in [4.69, 9.17) is 27.4 Å².